The topological polar surface area (TPSA) is 194 Å². The Morgan fingerprint density at radius 2 is 1.92 bits per heavy atom. The van der Waals surface area contributed by atoms with Crippen molar-refractivity contribution < 1.29 is 36.8 Å². The summed E-state index contributed by atoms with van der Waals surface area (Å²) in [6.45, 7) is 5.17. The van der Waals surface area contributed by atoms with Crippen LogP contribution in [0.4, 0.5) is 31.9 Å². The number of rotatable bonds is 12. The number of aromatic nitrogens is 4. The Bertz CT molecular complexity index is 2020. The fraction of sp³-hybridized carbons (Fsp3) is 0.355. The second kappa shape index (κ2) is 13.9. The number of anilines is 3. The average molecular weight is 718 g/mol. The predicted molar refractivity (Wildman–Crippen MR) is 176 cm³/mol. The number of aliphatic carboxylic acids is 1. The van der Waals surface area contributed by atoms with Crippen LogP contribution in [0.1, 0.15) is 44.4 Å². The minimum absolute atomic E-state index is 0.00224. The number of carbonyl (C=O) groups is 1. The largest absolute Gasteiger partial charge is 0.490 e. The summed E-state index contributed by atoms with van der Waals surface area (Å²) in [6, 6.07) is 8.21. The number of hydrogen-bond donors (Lipinski definition) is 3. The lowest BCUT2D eigenvalue weighted by Crippen LogP contribution is -2.35. The van der Waals surface area contributed by atoms with E-state index < -0.39 is 53.3 Å². The van der Waals surface area contributed by atoms with Crippen LogP contribution in [-0.4, -0.2) is 64.8 Å². The van der Waals surface area contributed by atoms with E-state index in [9.17, 15) is 28.4 Å². The maximum absolute atomic E-state index is 15.7. The second-order valence-corrected chi connectivity index (χ2v) is 15.4. The van der Waals surface area contributed by atoms with Gasteiger partial charge in [0.2, 0.25) is 11.6 Å². The zero-order chi connectivity index (χ0) is 35.7. The molecule has 1 saturated heterocycles. The van der Waals surface area contributed by atoms with Gasteiger partial charge in [-0.1, -0.05) is 12.1 Å². The monoisotopic (exact) mass is 717 g/mol. The molecule has 2 aromatic heterocycles. The number of nitro groups is 1. The number of halogens is 2. The number of nitrogens with one attached hydrogen (secondary N) is 2. The highest BCUT2D eigenvalue weighted by molar-refractivity contribution is 7.99. The van der Waals surface area contributed by atoms with Gasteiger partial charge in [0.1, 0.15) is 5.82 Å². The summed E-state index contributed by atoms with van der Waals surface area (Å²) in [7, 11) is -3.02. The van der Waals surface area contributed by atoms with Gasteiger partial charge in [-0.05, 0) is 69.5 Å². The summed E-state index contributed by atoms with van der Waals surface area (Å²) in [5.41, 5.74) is -0.531. The van der Waals surface area contributed by atoms with Crippen LogP contribution >= 0.6 is 11.8 Å². The Morgan fingerprint density at radius 1 is 1.20 bits per heavy atom. The van der Waals surface area contributed by atoms with Crippen LogP contribution in [0.5, 0.6) is 5.75 Å². The highest BCUT2D eigenvalue weighted by Crippen LogP contribution is 2.42. The van der Waals surface area contributed by atoms with Crippen molar-refractivity contribution in [1.82, 2.24) is 20.2 Å². The molecular formula is C31H33F2N7O7S2. The molecule has 0 unspecified atom stereocenters. The summed E-state index contributed by atoms with van der Waals surface area (Å²) in [4.78, 5) is 32.3. The van der Waals surface area contributed by atoms with E-state index in [4.69, 9.17) is 4.74 Å². The van der Waals surface area contributed by atoms with E-state index in [0.29, 0.717) is 43.3 Å². The third kappa shape index (κ3) is 7.29. The number of nitrogens with zero attached hydrogens (tertiary/aromatic N) is 5. The first-order chi connectivity index (χ1) is 23.1. The van der Waals surface area contributed by atoms with Crippen molar-refractivity contribution in [3.05, 3.63) is 75.5 Å². The number of H-pyrrole nitrogens is 1. The molecule has 18 heteroatoms. The predicted octanol–water partition coefficient (Wildman–Crippen LogP) is 6.00. The van der Waals surface area contributed by atoms with Crippen LogP contribution in [0, 0.1) is 34.6 Å². The van der Waals surface area contributed by atoms with Crippen molar-refractivity contribution in [2.45, 2.75) is 59.7 Å². The first kappa shape index (κ1) is 35.5. The van der Waals surface area contributed by atoms with Crippen molar-refractivity contribution in [3.63, 3.8) is 0 Å². The SMILES string of the molecule is COc1c(Nc2cc(C)[nH]n2)nc(Sc2ccc(S(=O)(=O)C(C)(C)c3cccc([N+](=O)[O-])c3F)cc2F)nc1N1CCC(CC(=O)O)CC1. The van der Waals surface area contributed by atoms with Crippen LogP contribution in [0.2, 0.25) is 0 Å². The van der Waals surface area contributed by atoms with Crippen LogP contribution in [0.15, 0.2) is 57.4 Å². The molecule has 1 aliphatic heterocycles. The summed E-state index contributed by atoms with van der Waals surface area (Å²) in [5, 5.41) is 30.7. The van der Waals surface area contributed by atoms with E-state index >= 15 is 8.78 Å². The number of methoxy groups -OCH3 is 1. The number of carboxylic acids is 1. The maximum atomic E-state index is 15.7. The molecule has 1 aliphatic rings. The fourth-order valence-electron chi connectivity index (χ4n) is 5.55. The summed E-state index contributed by atoms with van der Waals surface area (Å²) in [6.07, 6.45) is 1.26. The molecule has 0 atom stereocenters. The highest BCUT2D eigenvalue weighted by Gasteiger charge is 2.41. The van der Waals surface area contributed by atoms with E-state index in [2.05, 4.69) is 25.5 Å². The quantitative estimate of drug-likeness (QED) is 0.0879. The number of carboxylic acid groups (broad SMARTS) is 1. The minimum Gasteiger partial charge on any atom is -0.490 e. The number of aryl methyl sites for hydroxylation is 1. The Hall–Kier alpha value is -4.84. The van der Waals surface area contributed by atoms with Crippen LogP contribution in [-0.2, 0) is 19.4 Å². The van der Waals surface area contributed by atoms with E-state index in [-0.39, 0.29) is 28.2 Å². The van der Waals surface area contributed by atoms with Crippen molar-refractivity contribution in [2.75, 3.05) is 30.4 Å². The van der Waals surface area contributed by atoms with Crippen LogP contribution in [0.3, 0.4) is 0 Å². The zero-order valence-electron chi connectivity index (χ0n) is 26.9. The lowest BCUT2D eigenvalue weighted by atomic mass is 9.93. The normalized spacial score (nSPS) is 14.1. The lowest BCUT2D eigenvalue weighted by Gasteiger charge is -2.33. The first-order valence-electron chi connectivity index (χ1n) is 15.0. The molecule has 0 radical (unpaired) electrons. The number of benzene rings is 2. The molecule has 260 valence electrons. The van der Waals surface area contributed by atoms with E-state index in [1.807, 2.05) is 11.8 Å². The Labute approximate surface area is 284 Å². The zero-order valence-corrected chi connectivity index (χ0v) is 28.5. The van der Waals surface area contributed by atoms with Crippen molar-refractivity contribution in [1.29, 1.82) is 0 Å². The molecule has 5 rings (SSSR count). The Kier molecular flexibility index (Phi) is 10.1. The Balaban J connectivity index is 1.48. The molecule has 14 nitrogen and oxygen atoms in total. The van der Waals surface area contributed by atoms with E-state index in [1.165, 1.54) is 39.2 Å². The lowest BCUT2D eigenvalue weighted by molar-refractivity contribution is -0.387. The number of ether oxygens (including phenoxy) is 1. The highest BCUT2D eigenvalue weighted by atomic mass is 32.2. The first-order valence-corrected chi connectivity index (χ1v) is 17.3. The van der Waals surface area contributed by atoms with E-state index in [1.54, 1.807) is 6.07 Å². The van der Waals surface area contributed by atoms with Gasteiger partial charge in [0.25, 0.3) is 0 Å². The van der Waals surface area contributed by atoms with Crippen molar-refractivity contribution in [2.24, 2.45) is 5.92 Å². The van der Waals surface area contributed by atoms with Gasteiger partial charge in [0.05, 0.1) is 26.6 Å². The number of hydrogen-bond acceptors (Lipinski definition) is 12. The summed E-state index contributed by atoms with van der Waals surface area (Å²) < 4.78 is 61.9. The molecule has 0 spiro atoms. The molecule has 0 amide bonds. The number of nitro benzene ring substituents is 1. The minimum atomic E-state index is -4.47. The molecule has 1 fully saturated rings. The van der Waals surface area contributed by atoms with Gasteiger partial charge in [0, 0.05) is 42.9 Å². The Morgan fingerprint density at radius 3 is 2.51 bits per heavy atom. The van der Waals surface area contributed by atoms with Gasteiger partial charge in [0.15, 0.2) is 32.4 Å². The van der Waals surface area contributed by atoms with Gasteiger partial charge in [-0.25, -0.2) is 22.8 Å². The molecule has 3 N–H and O–H groups in total. The van der Waals surface area contributed by atoms with Crippen LogP contribution in [0.25, 0.3) is 0 Å². The summed E-state index contributed by atoms with van der Waals surface area (Å²) in [5.74, 6) is -1.73. The molecular weight excluding hydrogens is 685 g/mol. The number of sulfone groups is 1. The average Bonchev–Trinajstić information content (AvgIpc) is 3.45. The molecule has 0 aliphatic carbocycles. The molecule has 0 saturated carbocycles. The fourth-order valence-corrected chi connectivity index (χ4v) is 7.85. The number of piperidine rings is 1. The van der Waals surface area contributed by atoms with Gasteiger partial charge in [-0.2, -0.15) is 9.49 Å². The third-order valence-electron chi connectivity index (χ3n) is 8.27. The van der Waals surface area contributed by atoms with Crippen LogP contribution < -0.4 is 15.0 Å². The van der Waals surface area contributed by atoms with Gasteiger partial charge in [-0.3, -0.25) is 20.0 Å². The molecule has 3 heterocycles. The standard InChI is InChI=1S/C31H33F2N7O7S2/c1-17-14-24(38-37-17)34-28-27(47-4)29(39-12-10-18(11-13-39)15-25(41)42)36-30(35-28)48-23-9-8-19(16-21(23)32)49(45,46)31(2,3)20-6-5-7-22(26(20)33)40(43)44/h5-9,14,16,18H,10-13,15H2,1-4H3,(H,41,42)(H2,34,35,36,37,38). The summed E-state index contributed by atoms with van der Waals surface area (Å²) >= 11 is 0.826. The van der Waals surface area contributed by atoms with Gasteiger partial charge in [-0.15, -0.1) is 0 Å². The second-order valence-electron chi connectivity index (χ2n) is 11.9. The van der Waals surface area contributed by atoms with Crippen molar-refractivity contribution in [3.8, 4) is 5.75 Å². The smallest absolute Gasteiger partial charge is 0.305 e. The van der Waals surface area contributed by atoms with Crippen molar-refractivity contribution >= 4 is 50.7 Å². The maximum Gasteiger partial charge on any atom is 0.305 e. The molecule has 2 aromatic carbocycles. The molecule has 49 heavy (non-hydrogen) atoms. The van der Waals surface area contributed by atoms with Gasteiger partial charge >= 0.3 is 11.7 Å². The third-order valence-corrected chi connectivity index (χ3v) is 11.6. The number of aromatic amines is 1. The van der Waals surface area contributed by atoms with E-state index in [0.717, 1.165) is 35.7 Å². The molecule has 4 aromatic rings. The molecule has 0 bridgehead atoms. The van der Waals surface area contributed by atoms with Gasteiger partial charge < -0.3 is 20.1 Å².